The average molecular weight is 420 g/mol. The number of pyridine rings is 1. The number of benzene rings is 2. The molecule has 31 heavy (non-hydrogen) atoms. The van der Waals surface area contributed by atoms with Crippen LogP contribution < -0.4 is 4.90 Å². The summed E-state index contributed by atoms with van der Waals surface area (Å²) in [7, 11) is 1.89. The van der Waals surface area contributed by atoms with Gasteiger partial charge in [-0.1, -0.05) is 42.5 Å². The smallest absolute Gasteiger partial charge is 0.355 e. The van der Waals surface area contributed by atoms with Crippen LogP contribution >= 0.6 is 0 Å². The van der Waals surface area contributed by atoms with E-state index in [1.807, 2.05) is 42.3 Å². The van der Waals surface area contributed by atoms with E-state index >= 15 is 0 Å². The summed E-state index contributed by atoms with van der Waals surface area (Å²) in [5.74, 6) is 1.03. The van der Waals surface area contributed by atoms with Crippen LogP contribution in [0.1, 0.15) is 11.1 Å². The molecule has 156 valence electrons. The zero-order valence-corrected chi connectivity index (χ0v) is 16.7. The van der Waals surface area contributed by atoms with Gasteiger partial charge in [0.2, 0.25) is 0 Å². The van der Waals surface area contributed by atoms with Crippen LogP contribution in [-0.2, 0) is 12.7 Å². The van der Waals surface area contributed by atoms with Crippen molar-refractivity contribution in [2.24, 2.45) is 0 Å². The molecule has 0 radical (unpaired) electrons. The van der Waals surface area contributed by atoms with Crippen LogP contribution in [0.15, 0.2) is 85.2 Å². The highest BCUT2D eigenvalue weighted by Gasteiger charge is 2.30. The van der Waals surface area contributed by atoms with Crippen LogP contribution in [0.5, 0.6) is 0 Å². The van der Waals surface area contributed by atoms with Crippen molar-refractivity contribution in [3.8, 4) is 22.6 Å². The third-order valence-corrected chi connectivity index (χ3v) is 4.79. The van der Waals surface area contributed by atoms with Crippen molar-refractivity contribution >= 4 is 5.82 Å². The molecule has 0 spiro atoms. The fourth-order valence-corrected chi connectivity index (χ4v) is 3.20. The molecule has 0 atom stereocenters. The van der Waals surface area contributed by atoms with Crippen molar-refractivity contribution in [1.82, 2.24) is 15.0 Å². The molecule has 2 heterocycles. The minimum absolute atomic E-state index is 0.377. The summed E-state index contributed by atoms with van der Waals surface area (Å²) in [5.41, 5.74) is 1.91. The van der Waals surface area contributed by atoms with Gasteiger partial charge in [0.25, 0.3) is 0 Å². The molecule has 0 aliphatic rings. The Kier molecular flexibility index (Phi) is 5.66. The molecule has 0 unspecified atom stereocenters. The second-order valence-corrected chi connectivity index (χ2v) is 7.09. The van der Waals surface area contributed by atoms with E-state index in [4.69, 9.17) is 0 Å². The molecule has 2 aromatic carbocycles. The Bertz CT molecular complexity index is 1160. The SMILES string of the molecule is CN(Cc1ccccc1)c1cc(-c2cccc(C(F)(F)F)c2)nc(-c2ccncc2)n1. The van der Waals surface area contributed by atoms with Crippen LogP contribution in [0.3, 0.4) is 0 Å². The highest BCUT2D eigenvalue weighted by atomic mass is 19.4. The van der Waals surface area contributed by atoms with Gasteiger partial charge in [-0.05, 0) is 29.8 Å². The third kappa shape index (κ3) is 4.88. The first-order valence-corrected chi connectivity index (χ1v) is 9.62. The Morgan fingerprint density at radius 3 is 2.26 bits per heavy atom. The maximum absolute atomic E-state index is 13.2. The van der Waals surface area contributed by atoms with Crippen molar-refractivity contribution in [1.29, 1.82) is 0 Å². The van der Waals surface area contributed by atoms with Gasteiger partial charge in [0.15, 0.2) is 5.82 Å². The van der Waals surface area contributed by atoms with E-state index in [-0.39, 0.29) is 0 Å². The minimum Gasteiger partial charge on any atom is -0.355 e. The number of alkyl halides is 3. The molecule has 4 aromatic rings. The first-order chi connectivity index (χ1) is 14.9. The molecule has 0 bridgehead atoms. The number of hydrogen-bond acceptors (Lipinski definition) is 4. The first-order valence-electron chi connectivity index (χ1n) is 9.62. The topological polar surface area (TPSA) is 41.9 Å². The Morgan fingerprint density at radius 2 is 1.55 bits per heavy atom. The number of hydrogen-bond donors (Lipinski definition) is 0. The van der Waals surface area contributed by atoms with E-state index in [0.717, 1.165) is 23.3 Å². The summed E-state index contributed by atoms with van der Waals surface area (Å²) in [6.07, 6.45) is -1.17. The van der Waals surface area contributed by atoms with Crippen molar-refractivity contribution in [2.45, 2.75) is 12.7 Å². The van der Waals surface area contributed by atoms with Gasteiger partial charge in [-0.15, -0.1) is 0 Å². The Morgan fingerprint density at radius 1 is 0.806 bits per heavy atom. The van der Waals surface area contributed by atoms with Crippen LogP contribution in [-0.4, -0.2) is 22.0 Å². The predicted octanol–water partition coefficient (Wildman–Crippen LogP) is 5.86. The molecule has 0 fully saturated rings. The molecule has 0 aliphatic heterocycles. The van der Waals surface area contributed by atoms with Crippen LogP contribution in [0, 0.1) is 0 Å². The van der Waals surface area contributed by atoms with E-state index in [1.54, 1.807) is 36.7 Å². The monoisotopic (exact) mass is 420 g/mol. The fourth-order valence-electron chi connectivity index (χ4n) is 3.20. The van der Waals surface area contributed by atoms with Gasteiger partial charge in [0.05, 0.1) is 11.3 Å². The van der Waals surface area contributed by atoms with E-state index in [0.29, 0.717) is 29.4 Å². The molecular formula is C24H19F3N4. The molecule has 2 aromatic heterocycles. The predicted molar refractivity (Wildman–Crippen MR) is 114 cm³/mol. The number of aromatic nitrogens is 3. The Labute approximate surface area is 178 Å². The molecule has 4 rings (SSSR count). The van der Waals surface area contributed by atoms with Crippen molar-refractivity contribution in [3.05, 3.63) is 96.3 Å². The summed E-state index contributed by atoms with van der Waals surface area (Å²) in [6.45, 7) is 0.593. The number of rotatable bonds is 5. The highest BCUT2D eigenvalue weighted by molar-refractivity contribution is 5.68. The van der Waals surface area contributed by atoms with Gasteiger partial charge in [0.1, 0.15) is 5.82 Å². The first kappa shape index (κ1) is 20.5. The van der Waals surface area contributed by atoms with E-state index in [1.165, 1.54) is 6.07 Å². The van der Waals surface area contributed by atoms with Gasteiger partial charge in [-0.25, -0.2) is 9.97 Å². The molecule has 0 aliphatic carbocycles. The zero-order valence-electron chi connectivity index (χ0n) is 16.7. The van der Waals surface area contributed by atoms with Crippen LogP contribution in [0.2, 0.25) is 0 Å². The number of nitrogens with zero attached hydrogens (tertiary/aromatic N) is 4. The second kappa shape index (κ2) is 8.55. The lowest BCUT2D eigenvalue weighted by Gasteiger charge is -2.20. The average Bonchev–Trinajstić information content (AvgIpc) is 2.79. The summed E-state index contributed by atoms with van der Waals surface area (Å²) < 4.78 is 39.7. The van der Waals surface area contributed by atoms with Gasteiger partial charge in [0, 0.05) is 43.2 Å². The lowest BCUT2D eigenvalue weighted by Crippen LogP contribution is -2.18. The van der Waals surface area contributed by atoms with Gasteiger partial charge >= 0.3 is 6.18 Å². The zero-order chi connectivity index (χ0) is 21.8. The van der Waals surface area contributed by atoms with E-state index in [9.17, 15) is 13.2 Å². The quantitative estimate of drug-likeness (QED) is 0.406. The summed E-state index contributed by atoms with van der Waals surface area (Å²) in [6, 6.07) is 20.3. The van der Waals surface area contributed by atoms with Crippen LogP contribution in [0.25, 0.3) is 22.6 Å². The highest BCUT2D eigenvalue weighted by Crippen LogP contribution is 2.33. The molecule has 4 nitrogen and oxygen atoms in total. The fraction of sp³-hybridized carbons (Fsp3) is 0.125. The maximum Gasteiger partial charge on any atom is 0.416 e. The van der Waals surface area contributed by atoms with Gasteiger partial charge < -0.3 is 4.90 Å². The van der Waals surface area contributed by atoms with Crippen LogP contribution in [0.4, 0.5) is 19.0 Å². The lowest BCUT2D eigenvalue weighted by atomic mass is 10.1. The summed E-state index contributed by atoms with van der Waals surface area (Å²) in [4.78, 5) is 15.2. The largest absolute Gasteiger partial charge is 0.416 e. The Hall–Kier alpha value is -3.74. The molecule has 0 saturated heterocycles. The van der Waals surface area contributed by atoms with Crippen molar-refractivity contribution in [3.63, 3.8) is 0 Å². The van der Waals surface area contributed by atoms with Gasteiger partial charge in [-0.2, -0.15) is 13.2 Å². The normalized spacial score (nSPS) is 11.4. The third-order valence-electron chi connectivity index (χ3n) is 4.79. The molecule has 0 amide bonds. The lowest BCUT2D eigenvalue weighted by molar-refractivity contribution is -0.137. The molecule has 0 N–H and O–H groups in total. The summed E-state index contributed by atoms with van der Waals surface area (Å²) in [5, 5.41) is 0. The van der Waals surface area contributed by atoms with Crippen molar-refractivity contribution in [2.75, 3.05) is 11.9 Å². The second-order valence-electron chi connectivity index (χ2n) is 7.09. The number of anilines is 1. The molecule has 0 saturated carbocycles. The van der Waals surface area contributed by atoms with Crippen molar-refractivity contribution < 1.29 is 13.2 Å². The molecule has 7 heteroatoms. The molecular weight excluding hydrogens is 401 g/mol. The van der Waals surface area contributed by atoms with E-state index in [2.05, 4.69) is 15.0 Å². The van der Waals surface area contributed by atoms with Gasteiger partial charge in [-0.3, -0.25) is 4.98 Å². The summed E-state index contributed by atoms with van der Waals surface area (Å²) >= 11 is 0. The maximum atomic E-state index is 13.2. The minimum atomic E-state index is -4.43. The number of halogens is 3. The van der Waals surface area contributed by atoms with E-state index < -0.39 is 11.7 Å². The standard InChI is InChI=1S/C24H19F3N4/c1-31(16-17-6-3-2-4-7-17)22-15-21(19-8-5-9-20(14-19)24(25,26)27)29-23(30-22)18-10-12-28-13-11-18/h2-15H,16H2,1H3. The Balaban J connectivity index is 1.79.